The standard InChI is InChI=1S/C24H33NO4/c1-7-18(29-15-17-8-10-19(28-6)11-9-17)14-16(2)21(26)25-22(27)20-12-13-24(25,5)23(20,3)4/h7-11,16,20H,12-15H2,1-6H3/b18-7-/t16-,20+,24+/m0/s1. The second-order valence-electron chi connectivity index (χ2n) is 9.10. The van der Waals surface area contributed by atoms with Crippen LogP contribution in [0.15, 0.2) is 36.1 Å². The van der Waals surface area contributed by atoms with E-state index in [1.807, 2.05) is 44.2 Å². The van der Waals surface area contributed by atoms with E-state index in [2.05, 4.69) is 20.8 Å². The zero-order chi connectivity index (χ0) is 21.4. The van der Waals surface area contributed by atoms with Crippen LogP contribution < -0.4 is 4.74 Å². The van der Waals surface area contributed by atoms with Crippen LogP contribution in [-0.4, -0.2) is 29.4 Å². The van der Waals surface area contributed by atoms with Crippen molar-refractivity contribution in [2.24, 2.45) is 17.3 Å². The molecular weight excluding hydrogens is 366 g/mol. The van der Waals surface area contributed by atoms with E-state index in [0.717, 1.165) is 29.9 Å². The molecule has 0 unspecified atom stereocenters. The predicted molar refractivity (Wildman–Crippen MR) is 112 cm³/mol. The smallest absolute Gasteiger partial charge is 0.233 e. The number of amides is 2. The molecule has 0 spiro atoms. The normalized spacial score (nSPS) is 26.6. The number of methoxy groups -OCH3 is 1. The average Bonchev–Trinajstić information content (AvgIpc) is 3.02. The fourth-order valence-corrected chi connectivity index (χ4v) is 4.83. The maximum atomic E-state index is 13.2. The van der Waals surface area contributed by atoms with Gasteiger partial charge in [-0.05, 0) is 55.9 Å². The predicted octanol–water partition coefficient (Wildman–Crippen LogP) is 4.71. The van der Waals surface area contributed by atoms with Crippen molar-refractivity contribution in [3.05, 3.63) is 41.7 Å². The molecule has 1 aromatic carbocycles. The summed E-state index contributed by atoms with van der Waals surface area (Å²) in [4.78, 5) is 27.7. The highest BCUT2D eigenvalue weighted by Gasteiger charge is 2.67. The van der Waals surface area contributed by atoms with Crippen molar-refractivity contribution in [1.29, 1.82) is 0 Å². The molecule has 1 aliphatic carbocycles. The first-order valence-electron chi connectivity index (χ1n) is 10.4. The van der Waals surface area contributed by atoms with E-state index in [9.17, 15) is 9.59 Å². The van der Waals surface area contributed by atoms with Gasteiger partial charge in [-0.3, -0.25) is 14.5 Å². The number of ether oxygens (including phenoxy) is 2. The monoisotopic (exact) mass is 399 g/mol. The van der Waals surface area contributed by atoms with Crippen molar-refractivity contribution in [2.45, 2.75) is 66.0 Å². The zero-order valence-corrected chi connectivity index (χ0v) is 18.5. The van der Waals surface area contributed by atoms with Gasteiger partial charge in [-0.15, -0.1) is 0 Å². The van der Waals surface area contributed by atoms with Gasteiger partial charge < -0.3 is 9.47 Å². The number of carbonyl (C=O) groups excluding carboxylic acids is 2. The first-order chi connectivity index (χ1) is 13.7. The van der Waals surface area contributed by atoms with Crippen molar-refractivity contribution in [3.63, 3.8) is 0 Å². The van der Waals surface area contributed by atoms with Crippen molar-refractivity contribution in [1.82, 2.24) is 4.90 Å². The Labute approximate surface area is 174 Å². The van der Waals surface area contributed by atoms with Crippen LogP contribution in [-0.2, 0) is 20.9 Å². The molecular formula is C24H33NO4. The maximum Gasteiger partial charge on any atom is 0.233 e. The Hall–Kier alpha value is -2.30. The Bertz CT molecular complexity index is 811. The molecule has 0 radical (unpaired) electrons. The highest BCUT2D eigenvalue weighted by atomic mass is 16.5. The van der Waals surface area contributed by atoms with Crippen LogP contribution in [0, 0.1) is 17.3 Å². The van der Waals surface area contributed by atoms with Gasteiger partial charge in [-0.2, -0.15) is 0 Å². The number of likely N-dealkylation sites (tertiary alicyclic amines) is 1. The van der Waals surface area contributed by atoms with Gasteiger partial charge in [-0.25, -0.2) is 0 Å². The van der Waals surface area contributed by atoms with Crippen LogP contribution in [0.25, 0.3) is 0 Å². The molecule has 2 aliphatic rings. The summed E-state index contributed by atoms with van der Waals surface area (Å²) in [6, 6.07) is 7.72. The van der Waals surface area contributed by atoms with Crippen molar-refractivity contribution in [2.75, 3.05) is 7.11 Å². The molecule has 29 heavy (non-hydrogen) atoms. The van der Waals surface area contributed by atoms with Gasteiger partial charge >= 0.3 is 0 Å². The Morgan fingerprint density at radius 2 is 1.93 bits per heavy atom. The SMILES string of the molecule is C/C=C(/C[C@H](C)C(=O)N1C(=O)[C@H]2CC[C@]1(C)C2(C)C)OCc1ccc(OC)cc1. The molecule has 158 valence electrons. The average molecular weight is 400 g/mol. The summed E-state index contributed by atoms with van der Waals surface area (Å²) in [5.41, 5.74) is 0.471. The fourth-order valence-electron chi connectivity index (χ4n) is 4.83. The largest absolute Gasteiger partial charge is 0.497 e. The number of rotatable bonds is 7. The van der Waals surface area contributed by atoms with Gasteiger partial charge in [-0.1, -0.05) is 32.9 Å². The fraction of sp³-hybridized carbons (Fsp3) is 0.583. The quantitative estimate of drug-likeness (QED) is 0.623. The second-order valence-corrected chi connectivity index (χ2v) is 9.10. The lowest BCUT2D eigenvalue weighted by molar-refractivity contribution is -0.153. The van der Waals surface area contributed by atoms with Gasteiger partial charge in [0.15, 0.2) is 0 Å². The van der Waals surface area contributed by atoms with Gasteiger partial charge in [0.1, 0.15) is 12.4 Å². The van der Waals surface area contributed by atoms with E-state index >= 15 is 0 Å². The molecule has 5 heteroatoms. The second kappa shape index (κ2) is 7.85. The minimum absolute atomic E-state index is 0.00165. The summed E-state index contributed by atoms with van der Waals surface area (Å²) in [5, 5.41) is 0. The summed E-state index contributed by atoms with van der Waals surface area (Å²) in [6.07, 6.45) is 4.15. The summed E-state index contributed by atoms with van der Waals surface area (Å²) >= 11 is 0. The van der Waals surface area contributed by atoms with Crippen molar-refractivity contribution in [3.8, 4) is 5.75 Å². The molecule has 1 heterocycles. The summed E-state index contributed by atoms with van der Waals surface area (Å²) in [6.45, 7) is 10.5. The van der Waals surface area contributed by atoms with E-state index in [1.54, 1.807) is 12.0 Å². The van der Waals surface area contributed by atoms with E-state index in [0.29, 0.717) is 13.0 Å². The summed E-state index contributed by atoms with van der Waals surface area (Å²) in [7, 11) is 1.64. The van der Waals surface area contributed by atoms with E-state index in [-0.39, 0.29) is 34.6 Å². The number of fused-ring (bicyclic) bond motifs is 2. The number of hydrogen-bond acceptors (Lipinski definition) is 4. The number of allylic oxidation sites excluding steroid dienone is 2. The van der Waals surface area contributed by atoms with Gasteiger partial charge in [0.05, 0.1) is 18.4 Å². The van der Waals surface area contributed by atoms with Crippen molar-refractivity contribution < 1.29 is 19.1 Å². The third-order valence-electron chi connectivity index (χ3n) is 7.25. The molecule has 1 saturated heterocycles. The molecule has 2 bridgehead atoms. The van der Waals surface area contributed by atoms with Crippen LogP contribution in [0.4, 0.5) is 0 Å². The lowest BCUT2D eigenvalue weighted by Gasteiger charge is -2.41. The van der Waals surface area contributed by atoms with Crippen LogP contribution in [0.5, 0.6) is 5.75 Å². The molecule has 5 nitrogen and oxygen atoms in total. The Kier molecular flexibility index (Phi) is 5.79. The summed E-state index contributed by atoms with van der Waals surface area (Å²) in [5.74, 6) is 1.13. The number of carbonyl (C=O) groups is 2. The molecule has 2 fully saturated rings. The summed E-state index contributed by atoms with van der Waals surface area (Å²) < 4.78 is 11.1. The molecule has 3 atom stereocenters. The lowest BCUT2D eigenvalue weighted by Crippen LogP contribution is -2.53. The van der Waals surface area contributed by atoms with Gasteiger partial charge in [0, 0.05) is 18.3 Å². The lowest BCUT2D eigenvalue weighted by atomic mass is 9.74. The molecule has 3 rings (SSSR count). The van der Waals surface area contributed by atoms with E-state index in [4.69, 9.17) is 9.47 Å². The van der Waals surface area contributed by atoms with Crippen molar-refractivity contribution >= 4 is 11.8 Å². The number of hydrogen-bond donors (Lipinski definition) is 0. The highest BCUT2D eigenvalue weighted by molar-refractivity contribution is 6.01. The zero-order valence-electron chi connectivity index (χ0n) is 18.5. The van der Waals surface area contributed by atoms with Gasteiger partial charge in [0.25, 0.3) is 0 Å². The molecule has 2 amide bonds. The molecule has 1 saturated carbocycles. The van der Waals surface area contributed by atoms with E-state index < -0.39 is 0 Å². The number of nitrogens with zero attached hydrogens (tertiary/aromatic N) is 1. The third kappa shape index (κ3) is 3.56. The van der Waals surface area contributed by atoms with Crippen LogP contribution in [0.2, 0.25) is 0 Å². The maximum absolute atomic E-state index is 13.2. The minimum Gasteiger partial charge on any atom is -0.497 e. The molecule has 1 aromatic rings. The van der Waals surface area contributed by atoms with E-state index in [1.165, 1.54) is 0 Å². The first kappa shape index (κ1) is 21.4. The molecule has 1 aliphatic heterocycles. The van der Waals surface area contributed by atoms with Crippen LogP contribution in [0.1, 0.15) is 59.4 Å². The number of imide groups is 1. The minimum atomic E-state index is -0.389. The third-order valence-corrected chi connectivity index (χ3v) is 7.25. The number of piperidine rings is 1. The Balaban J connectivity index is 1.63. The Morgan fingerprint density at radius 1 is 1.28 bits per heavy atom. The van der Waals surface area contributed by atoms with Crippen LogP contribution >= 0.6 is 0 Å². The molecule has 0 aromatic heterocycles. The molecule has 0 N–H and O–H groups in total. The Morgan fingerprint density at radius 3 is 2.45 bits per heavy atom. The topological polar surface area (TPSA) is 55.8 Å². The highest BCUT2D eigenvalue weighted by Crippen LogP contribution is 2.59. The number of benzene rings is 1. The van der Waals surface area contributed by atoms with Crippen LogP contribution in [0.3, 0.4) is 0 Å². The van der Waals surface area contributed by atoms with Gasteiger partial charge in [0.2, 0.25) is 11.8 Å². The first-order valence-corrected chi connectivity index (χ1v) is 10.4.